The number of aromatic nitrogens is 1. The maximum Gasteiger partial charge on any atom is 0.451 e. The first-order valence-corrected chi connectivity index (χ1v) is 12.1. The number of hydrogen-bond acceptors (Lipinski definition) is 7. The molecule has 0 aliphatic carbocycles. The van der Waals surface area contributed by atoms with Gasteiger partial charge in [0, 0.05) is 19.2 Å². The average molecular weight is 501 g/mol. The maximum atomic E-state index is 12.8. The summed E-state index contributed by atoms with van der Waals surface area (Å²) < 4.78 is 0. The zero-order valence-electron chi connectivity index (χ0n) is 21.0. The second kappa shape index (κ2) is 16.3. The summed E-state index contributed by atoms with van der Waals surface area (Å²) in [6.07, 6.45) is 3.55. The number of carbonyl (C=O) groups excluding carboxylic acids is 3. The van der Waals surface area contributed by atoms with Gasteiger partial charge in [0.15, 0.2) is 0 Å². The Morgan fingerprint density at radius 2 is 1.86 bits per heavy atom. The highest BCUT2D eigenvalue weighted by Gasteiger charge is 2.22. The molecule has 0 aromatic carbocycles. The van der Waals surface area contributed by atoms with Gasteiger partial charge in [0.25, 0.3) is 11.8 Å². The van der Waals surface area contributed by atoms with E-state index >= 15 is 0 Å². The van der Waals surface area contributed by atoms with Crippen molar-refractivity contribution in [3.63, 3.8) is 0 Å². The smallest absolute Gasteiger partial charge is 0.427 e. The fourth-order valence-corrected chi connectivity index (χ4v) is 3.29. The fourth-order valence-electron chi connectivity index (χ4n) is 3.29. The molecule has 1 aromatic heterocycles. The lowest BCUT2D eigenvalue weighted by Crippen LogP contribution is -2.48. The number of hydrogen-bond donors (Lipinski definition) is 6. The van der Waals surface area contributed by atoms with Crippen LogP contribution in [0.4, 0.5) is 0 Å². The summed E-state index contributed by atoms with van der Waals surface area (Å²) in [7, 11) is -1.41. The van der Waals surface area contributed by atoms with Crippen LogP contribution in [-0.4, -0.2) is 59.0 Å². The number of amides is 3. The number of nitrogens with zero attached hydrogens (tertiary/aromatic N) is 1. The van der Waals surface area contributed by atoms with E-state index in [-0.39, 0.29) is 42.4 Å². The molecule has 0 saturated heterocycles. The van der Waals surface area contributed by atoms with Crippen LogP contribution in [0, 0.1) is 23.2 Å². The van der Waals surface area contributed by atoms with Gasteiger partial charge in [-0.05, 0) is 43.5 Å². The minimum atomic E-state index is -1.41. The van der Waals surface area contributed by atoms with E-state index in [2.05, 4.69) is 20.9 Å². The molecule has 0 fully saturated rings. The summed E-state index contributed by atoms with van der Waals surface area (Å²) in [4.78, 5) is 51.5. The molecule has 0 unspecified atom stereocenters. The normalized spacial score (nSPS) is 12.9. The van der Waals surface area contributed by atoms with E-state index in [0.717, 1.165) is 0 Å². The number of H-pyrrole nitrogens is 1. The summed E-state index contributed by atoms with van der Waals surface area (Å²) in [5.41, 5.74) is -0.365. The van der Waals surface area contributed by atoms with Gasteiger partial charge >= 0.3 is 7.12 Å². The molecule has 0 spiro atoms. The van der Waals surface area contributed by atoms with E-state index in [4.69, 9.17) is 15.3 Å². The third-order valence-electron chi connectivity index (χ3n) is 5.25. The molecule has 1 heterocycles. The number of aromatic amines is 1. The van der Waals surface area contributed by atoms with Crippen LogP contribution in [0.1, 0.15) is 56.9 Å². The Labute approximate surface area is 211 Å². The van der Waals surface area contributed by atoms with E-state index in [1.807, 2.05) is 26.8 Å². The van der Waals surface area contributed by atoms with Crippen molar-refractivity contribution >= 4 is 24.8 Å². The number of carbonyl (C=O) groups is 3. The predicted octanol–water partition coefficient (Wildman–Crippen LogP) is 0.481. The van der Waals surface area contributed by atoms with Crippen molar-refractivity contribution < 1.29 is 24.4 Å². The topological polar surface area (TPSA) is 184 Å². The molecule has 196 valence electrons. The van der Waals surface area contributed by atoms with E-state index in [9.17, 15) is 19.2 Å². The number of pyridine rings is 1. The number of nitrogens with one attached hydrogen (secondary N) is 4. The van der Waals surface area contributed by atoms with Gasteiger partial charge < -0.3 is 31.0 Å². The molecule has 0 aliphatic rings. The average Bonchev–Trinajstić information content (AvgIpc) is 2.83. The van der Waals surface area contributed by atoms with E-state index in [0.29, 0.717) is 25.8 Å². The predicted molar refractivity (Wildman–Crippen MR) is 136 cm³/mol. The SMILES string of the molecule is CC(C)C=C(C#N)C(=O)NCCCC[C@H](NC(=O)c1cccc(=O)[nH]1)C(=O)NC[C@H](C)CCB(O)O. The Bertz CT molecular complexity index is 1000. The highest BCUT2D eigenvalue weighted by atomic mass is 16.4. The van der Waals surface area contributed by atoms with Gasteiger partial charge in [-0.3, -0.25) is 19.2 Å². The first-order valence-electron chi connectivity index (χ1n) is 12.1. The van der Waals surface area contributed by atoms with Gasteiger partial charge in [0.1, 0.15) is 23.4 Å². The van der Waals surface area contributed by atoms with Crippen molar-refractivity contribution in [2.75, 3.05) is 13.1 Å². The monoisotopic (exact) mass is 501 g/mol. The highest BCUT2D eigenvalue weighted by Crippen LogP contribution is 2.08. The molecule has 0 aliphatic heterocycles. The molecule has 11 nitrogen and oxygen atoms in total. The van der Waals surface area contributed by atoms with E-state index in [1.165, 1.54) is 18.2 Å². The highest BCUT2D eigenvalue weighted by molar-refractivity contribution is 6.40. The van der Waals surface area contributed by atoms with Crippen molar-refractivity contribution in [1.29, 1.82) is 5.26 Å². The van der Waals surface area contributed by atoms with Crippen molar-refractivity contribution in [3.05, 3.63) is 45.9 Å². The number of rotatable bonds is 15. The summed E-state index contributed by atoms with van der Waals surface area (Å²) in [6.45, 7) is 6.18. The van der Waals surface area contributed by atoms with Crippen LogP contribution < -0.4 is 21.5 Å². The second-order valence-electron chi connectivity index (χ2n) is 9.05. The molecule has 3 amide bonds. The third kappa shape index (κ3) is 12.3. The fraction of sp³-hybridized carbons (Fsp3) is 0.542. The molecule has 2 atom stereocenters. The van der Waals surface area contributed by atoms with Crippen molar-refractivity contribution in [1.82, 2.24) is 20.9 Å². The minimum Gasteiger partial charge on any atom is -0.427 e. The number of nitriles is 1. The Morgan fingerprint density at radius 1 is 1.14 bits per heavy atom. The molecular formula is C24H36BN5O6. The lowest BCUT2D eigenvalue weighted by Gasteiger charge is -2.20. The quantitative estimate of drug-likeness (QED) is 0.0873. The Hall–Kier alpha value is -3.43. The lowest BCUT2D eigenvalue weighted by molar-refractivity contribution is -0.123. The Morgan fingerprint density at radius 3 is 2.47 bits per heavy atom. The van der Waals surface area contributed by atoms with Gasteiger partial charge in [-0.2, -0.15) is 5.26 Å². The summed E-state index contributed by atoms with van der Waals surface area (Å²) in [5.74, 6) is -1.42. The first-order chi connectivity index (χ1) is 17.0. The molecule has 0 radical (unpaired) electrons. The Kier molecular flexibility index (Phi) is 13.8. The number of unbranched alkanes of at least 4 members (excludes halogenated alkanes) is 1. The molecule has 1 rings (SSSR count). The minimum absolute atomic E-state index is 0.0129. The Balaban J connectivity index is 2.70. The van der Waals surface area contributed by atoms with Gasteiger partial charge in [-0.25, -0.2) is 0 Å². The molecule has 0 bridgehead atoms. The van der Waals surface area contributed by atoms with Crippen LogP contribution in [0.5, 0.6) is 0 Å². The summed E-state index contributed by atoms with van der Waals surface area (Å²) in [5, 5.41) is 35.2. The summed E-state index contributed by atoms with van der Waals surface area (Å²) in [6, 6.07) is 5.14. The van der Waals surface area contributed by atoms with Gasteiger partial charge in [-0.15, -0.1) is 0 Å². The largest absolute Gasteiger partial charge is 0.451 e. The standard InChI is InChI=1S/C24H36BN5O6/c1-16(2)13-18(14-26)22(32)27-12-5-4-7-19(23(33)28-15-17(3)10-11-25(35)36)30-24(34)20-8-6-9-21(31)29-20/h6,8-9,13,16-17,19,35-36H,4-5,7,10-12,15H2,1-3H3,(H,27,32)(H,28,33)(H,29,31)(H,30,34)/t17-,19+/m1/s1. The molecule has 12 heteroatoms. The van der Waals surface area contributed by atoms with Crippen LogP contribution in [-0.2, 0) is 9.59 Å². The van der Waals surface area contributed by atoms with Crippen LogP contribution in [0.25, 0.3) is 0 Å². The van der Waals surface area contributed by atoms with Crippen molar-refractivity contribution in [3.8, 4) is 6.07 Å². The zero-order valence-corrected chi connectivity index (χ0v) is 21.0. The van der Waals surface area contributed by atoms with E-state index in [1.54, 1.807) is 6.08 Å². The molecule has 1 aromatic rings. The third-order valence-corrected chi connectivity index (χ3v) is 5.25. The molecule has 0 saturated carbocycles. The van der Waals surface area contributed by atoms with Gasteiger partial charge in [0.2, 0.25) is 11.5 Å². The van der Waals surface area contributed by atoms with Crippen molar-refractivity contribution in [2.45, 2.75) is 58.8 Å². The van der Waals surface area contributed by atoms with Crippen LogP contribution in [0.3, 0.4) is 0 Å². The molecule has 36 heavy (non-hydrogen) atoms. The van der Waals surface area contributed by atoms with Crippen LogP contribution in [0.15, 0.2) is 34.6 Å². The second-order valence-corrected chi connectivity index (χ2v) is 9.05. The maximum absolute atomic E-state index is 12.8. The van der Waals surface area contributed by atoms with Gasteiger partial charge in [0.05, 0.1) is 0 Å². The first kappa shape index (κ1) is 30.6. The lowest BCUT2D eigenvalue weighted by atomic mass is 9.81. The van der Waals surface area contributed by atoms with Crippen molar-refractivity contribution in [2.24, 2.45) is 11.8 Å². The molecular weight excluding hydrogens is 465 g/mol. The van der Waals surface area contributed by atoms with E-state index < -0.39 is 36.4 Å². The van der Waals surface area contributed by atoms with Crippen LogP contribution >= 0.6 is 0 Å². The van der Waals surface area contributed by atoms with Gasteiger partial charge in [-0.1, -0.05) is 39.3 Å². The zero-order chi connectivity index (χ0) is 27.1. The summed E-state index contributed by atoms with van der Waals surface area (Å²) >= 11 is 0. The molecule has 6 N–H and O–H groups in total. The number of allylic oxidation sites excluding steroid dienone is 1. The van der Waals surface area contributed by atoms with Crippen LogP contribution in [0.2, 0.25) is 6.32 Å².